The van der Waals surface area contributed by atoms with Gasteiger partial charge >= 0.3 is 6.09 Å². The van der Waals surface area contributed by atoms with Crippen LogP contribution in [0.15, 0.2) is 18.2 Å². The first kappa shape index (κ1) is 16.9. The van der Waals surface area contributed by atoms with Crippen molar-refractivity contribution >= 4 is 17.7 Å². The standard InChI is InChI=1S/C16H22N2O5/c1-16(2,3)23-15(20)17-11-9-22-13-8-10(21-5)6-7-12(13)18(4)14(11)19/h6-8,11H,9H2,1-5H3,(H,17,20)/t11-/m0/s1. The number of likely N-dealkylation sites (N-methyl/N-ethyl adjacent to an activating group) is 1. The molecule has 0 saturated heterocycles. The van der Waals surface area contributed by atoms with Crippen LogP contribution < -0.4 is 19.7 Å². The van der Waals surface area contributed by atoms with Crippen LogP contribution in [0.25, 0.3) is 0 Å². The van der Waals surface area contributed by atoms with Crippen molar-refractivity contribution in [2.75, 3.05) is 25.7 Å². The van der Waals surface area contributed by atoms with E-state index in [4.69, 9.17) is 14.2 Å². The summed E-state index contributed by atoms with van der Waals surface area (Å²) in [6.07, 6.45) is -0.656. The van der Waals surface area contributed by atoms with Gasteiger partial charge in [0.1, 0.15) is 29.7 Å². The van der Waals surface area contributed by atoms with E-state index < -0.39 is 17.7 Å². The second-order valence-corrected chi connectivity index (χ2v) is 6.24. The molecular weight excluding hydrogens is 300 g/mol. The second kappa shape index (κ2) is 6.36. The Kier molecular flexibility index (Phi) is 4.68. The Morgan fingerprint density at radius 3 is 2.70 bits per heavy atom. The molecule has 1 aliphatic heterocycles. The lowest BCUT2D eigenvalue weighted by Crippen LogP contribution is -2.50. The molecular formula is C16H22N2O5. The molecule has 0 aromatic heterocycles. The molecule has 1 atom stereocenters. The van der Waals surface area contributed by atoms with Crippen LogP contribution in [-0.2, 0) is 9.53 Å². The maximum Gasteiger partial charge on any atom is 0.408 e. The van der Waals surface area contributed by atoms with Crippen molar-refractivity contribution in [3.63, 3.8) is 0 Å². The van der Waals surface area contributed by atoms with Crippen LogP contribution in [0.2, 0.25) is 0 Å². The number of amides is 2. The molecule has 0 bridgehead atoms. The SMILES string of the molecule is COc1ccc2c(c1)OC[C@H](NC(=O)OC(C)(C)C)C(=O)N2C. The van der Waals surface area contributed by atoms with E-state index in [1.54, 1.807) is 53.1 Å². The average Bonchev–Trinajstić information content (AvgIpc) is 2.57. The highest BCUT2D eigenvalue weighted by Crippen LogP contribution is 2.34. The van der Waals surface area contributed by atoms with Gasteiger partial charge in [0.2, 0.25) is 0 Å². The van der Waals surface area contributed by atoms with E-state index in [0.717, 1.165) is 0 Å². The highest BCUT2D eigenvalue weighted by molar-refractivity contribution is 6.00. The van der Waals surface area contributed by atoms with Gasteiger partial charge in [-0.25, -0.2) is 4.79 Å². The third-order valence-corrected chi connectivity index (χ3v) is 3.25. The van der Waals surface area contributed by atoms with Crippen molar-refractivity contribution in [3.8, 4) is 11.5 Å². The predicted octanol–water partition coefficient (Wildman–Crippen LogP) is 1.94. The van der Waals surface area contributed by atoms with E-state index in [1.807, 2.05) is 0 Å². The maximum absolute atomic E-state index is 12.5. The van der Waals surface area contributed by atoms with Gasteiger partial charge in [0, 0.05) is 13.1 Å². The monoisotopic (exact) mass is 322 g/mol. The van der Waals surface area contributed by atoms with E-state index in [9.17, 15) is 9.59 Å². The zero-order chi connectivity index (χ0) is 17.2. The molecule has 0 unspecified atom stereocenters. The molecule has 1 N–H and O–H groups in total. The van der Waals surface area contributed by atoms with E-state index in [-0.39, 0.29) is 12.5 Å². The zero-order valence-electron chi connectivity index (χ0n) is 14.0. The molecule has 1 aliphatic rings. The molecule has 2 amide bonds. The van der Waals surface area contributed by atoms with E-state index >= 15 is 0 Å². The predicted molar refractivity (Wildman–Crippen MR) is 85.1 cm³/mol. The highest BCUT2D eigenvalue weighted by Gasteiger charge is 2.32. The number of hydrogen-bond acceptors (Lipinski definition) is 5. The Hall–Kier alpha value is -2.44. The van der Waals surface area contributed by atoms with Crippen LogP contribution in [-0.4, -0.2) is 44.4 Å². The highest BCUT2D eigenvalue weighted by atomic mass is 16.6. The molecule has 2 rings (SSSR count). The lowest BCUT2D eigenvalue weighted by Gasteiger charge is -2.23. The van der Waals surface area contributed by atoms with Crippen molar-refractivity contribution < 1.29 is 23.8 Å². The number of benzene rings is 1. The summed E-state index contributed by atoms with van der Waals surface area (Å²) in [4.78, 5) is 25.8. The Labute approximate surface area is 135 Å². The van der Waals surface area contributed by atoms with Crippen LogP contribution in [0.3, 0.4) is 0 Å². The third kappa shape index (κ3) is 4.06. The first-order valence-corrected chi connectivity index (χ1v) is 7.29. The van der Waals surface area contributed by atoms with Gasteiger partial charge < -0.3 is 24.4 Å². The molecule has 1 heterocycles. The largest absolute Gasteiger partial charge is 0.497 e. The molecule has 0 radical (unpaired) electrons. The number of anilines is 1. The lowest BCUT2D eigenvalue weighted by atomic mass is 10.2. The number of alkyl carbamates (subject to hydrolysis) is 1. The summed E-state index contributed by atoms with van der Waals surface area (Å²) >= 11 is 0. The van der Waals surface area contributed by atoms with Gasteiger partial charge in [-0.1, -0.05) is 0 Å². The summed E-state index contributed by atoms with van der Waals surface area (Å²) in [7, 11) is 3.19. The minimum atomic E-state index is -0.826. The summed E-state index contributed by atoms with van der Waals surface area (Å²) in [5.41, 5.74) is -0.0229. The summed E-state index contributed by atoms with van der Waals surface area (Å²) < 4.78 is 16.0. The number of rotatable bonds is 2. The Bertz CT molecular complexity index is 609. The van der Waals surface area contributed by atoms with E-state index in [0.29, 0.717) is 17.2 Å². The summed E-state index contributed by atoms with van der Waals surface area (Å²) in [5, 5.41) is 2.55. The number of ether oxygens (including phenoxy) is 3. The van der Waals surface area contributed by atoms with E-state index in [2.05, 4.69) is 5.32 Å². The van der Waals surface area contributed by atoms with Gasteiger partial charge in [-0.05, 0) is 32.9 Å². The van der Waals surface area contributed by atoms with Crippen LogP contribution in [0.4, 0.5) is 10.5 Å². The van der Waals surface area contributed by atoms with Crippen LogP contribution in [0, 0.1) is 0 Å². The van der Waals surface area contributed by atoms with Crippen LogP contribution >= 0.6 is 0 Å². The summed E-state index contributed by atoms with van der Waals surface area (Å²) in [6.45, 7) is 5.29. The minimum absolute atomic E-state index is 0.0165. The van der Waals surface area contributed by atoms with Gasteiger partial charge in [-0.2, -0.15) is 0 Å². The Morgan fingerprint density at radius 1 is 1.39 bits per heavy atom. The maximum atomic E-state index is 12.5. The smallest absolute Gasteiger partial charge is 0.408 e. The van der Waals surface area contributed by atoms with Gasteiger partial charge in [-0.3, -0.25) is 4.79 Å². The van der Waals surface area contributed by atoms with Crippen molar-refractivity contribution in [1.82, 2.24) is 5.32 Å². The molecule has 0 aliphatic carbocycles. The van der Waals surface area contributed by atoms with Gasteiger partial charge in [-0.15, -0.1) is 0 Å². The molecule has 1 aromatic carbocycles. The fourth-order valence-corrected chi connectivity index (χ4v) is 2.16. The molecule has 126 valence electrons. The first-order valence-electron chi connectivity index (χ1n) is 7.29. The first-order chi connectivity index (χ1) is 10.7. The number of carbonyl (C=O) groups is 2. The van der Waals surface area contributed by atoms with Gasteiger partial charge in [0.25, 0.3) is 5.91 Å². The molecule has 0 fully saturated rings. The normalized spacial score (nSPS) is 17.7. The number of methoxy groups -OCH3 is 1. The van der Waals surface area contributed by atoms with Crippen LogP contribution in [0.5, 0.6) is 11.5 Å². The number of nitrogens with one attached hydrogen (secondary N) is 1. The number of fused-ring (bicyclic) bond motifs is 1. The summed E-state index contributed by atoms with van der Waals surface area (Å²) in [5.74, 6) is 0.872. The number of carbonyl (C=O) groups excluding carboxylic acids is 2. The average molecular weight is 322 g/mol. The minimum Gasteiger partial charge on any atom is -0.497 e. The number of nitrogens with zero attached hydrogens (tertiary/aromatic N) is 1. The zero-order valence-corrected chi connectivity index (χ0v) is 14.0. The third-order valence-electron chi connectivity index (χ3n) is 3.25. The topological polar surface area (TPSA) is 77.1 Å². The lowest BCUT2D eigenvalue weighted by molar-refractivity contribution is -0.120. The molecule has 1 aromatic rings. The van der Waals surface area contributed by atoms with Crippen molar-refractivity contribution in [1.29, 1.82) is 0 Å². The van der Waals surface area contributed by atoms with Crippen molar-refractivity contribution in [2.24, 2.45) is 0 Å². The van der Waals surface area contributed by atoms with Gasteiger partial charge in [0.05, 0.1) is 12.8 Å². The van der Waals surface area contributed by atoms with E-state index in [1.165, 1.54) is 4.90 Å². The molecule has 0 spiro atoms. The van der Waals surface area contributed by atoms with Crippen LogP contribution in [0.1, 0.15) is 20.8 Å². The molecule has 7 heteroatoms. The van der Waals surface area contributed by atoms with Crippen molar-refractivity contribution in [2.45, 2.75) is 32.4 Å². The Morgan fingerprint density at radius 2 is 2.09 bits per heavy atom. The molecule has 0 saturated carbocycles. The summed E-state index contributed by atoms with van der Waals surface area (Å²) in [6, 6.07) is 4.36. The van der Waals surface area contributed by atoms with Crippen molar-refractivity contribution in [3.05, 3.63) is 18.2 Å². The fourth-order valence-electron chi connectivity index (χ4n) is 2.16. The van der Waals surface area contributed by atoms with Gasteiger partial charge in [0.15, 0.2) is 0 Å². The fraction of sp³-hybridized carbons (Fsp3) is 0.500. The second-order valence-electron chi connectivity index (χ2n) is 6.24. The molecule has 23 heavy (non-hydrogen) atoms. The quantitative estimate of drug-likeness (QED) is 0.900. The Balaban J connectivity index is 2.15. The number of hydrogen-bond donors (Lipinski definition) is 1. The molecule has 7 nitrogen and oxygen atoms in total.